The molecule has 0 unspecified atom stereocenters. The lowest BCUT2D eigenvalue weighted by atomic mass is 9.73. The van der Waals surface area contributed by atoms with E-state index < -0.39 is 11.4 Å². The lowest BCUT2D eigenvalue weighted by Gasteiger charge is -2.39. The summed E-state index contributed by atoms with van der Waals surface area (Å²) >= 11 is 0. The summed E-state index contributed by atoms with van der Waals surface area (Å²) in [5.41, 5.74) is 1.45. The second-order valence-electron chi connectivity index (χ2n) is 6.83. The Balaban J connectivity index is 1.55. The summed E-state index contributed by atoms with van der Waals surface area (Å²) in [4.78, 5) is 29.8. The van der Waals surface area contributed by atoms with Gasteiger partial charge in [0, 0.05) is 30.4 Å². The van der Waals surface area contributed by atoms with Crippen molar-refractivity contribution < 1.29 is 14.7 Å². The average Bonchev–Trinajstić information content (AvgIpc) is 3.16. The van der Waals surface area contributed by atoms with Crippen LogP contribution in [0.15, 0.2) is 60.8 Å². The molecule has 132 valence electrons. The van der Waals surface area contributed by atoms with Crippen molar-refractivity contribution in [2.75, 3.05) is 13.1 Å². The van der Waals surface area contributed by atoms with Crippen molar-refractivity contribution in [3.8, 4) is 0 Å². The summed E-state index contributed by atoms with van der Waals surface area (Å²) in [6, 6.07) is 16.9. The van der Waals surface area contributed by atoms with Gasteiger partial charge < -0.3 is 15.0 Å². The van der Waals surface area contributed by atoms with Gasteiger partial charge in [-0.3, -0.25) is 9.59 Å². The second-order valence-corrected chi connectivity index (χ2v) is 6.83. The van der Waals surface area contributed by atoms with Gasteiger partial charge in [-0.2, -0.15) is 0 Å². The molecule has 26 heavy (non-hydrogen) atoms. The first kappa shape index (κ1) is 16.4. The molecule has 0 spiro atoms. The number of aromatic amines is 1. The van der Waals surface area contributed by atoms with Crippen LogP contribution in [0.2, 0.25) is 0 Å². The highest BCUT2D eigenvalue weighted by Crippen LogP contribution is 2.36. The van der Waals surface area contributed by atoms with Gasteiger partial charge in [0.25, 0.3) is 5.91 Å². The number of H-pyrrole nitrogens is 1. The standard InChI is InChI=1S/C21H20N2O3/c24-19(16-7-6-15-8-11-22-18(15)14-16)23-12-9-21(10-13-23,20(25)26)17-4-2-1-3-5-17/h1-8,11,14,22H,9-10,12-13H2,(H,25,26). The van der Waals surface area contributed by atoms with E-state index in [0.29, 0.717) is 31.5 Å². The molecule has 1 amide bonds. The van der Waals surface area contributed by atoms with Crippen molar-refractivity contribution in [1.82, 2.24) is 9.88 Å². The summed E-state index contributed by atoms with van der Waals surface area (Å²) in [7, 11) is 0. The van der Waals surface area contributed by atoms with Crippen LogP contribution in [0.4, 0.5) is 0 Å². The molecular formula is C21H20N2O3. The summed E-state index contributed by atoms with van der Waals surface area (Å²) in [6.45, 7) is 0.867. The van der Waals surface area contributed by atoms with Gasteiger partial charge >= 0.3 is 5.97 Å². The number of nitrogens with zero attached hydrogens (tertiary/aromatic N) is 1. The van der Waals surface area contributed by atoms with Gasteiger partial charge in [0.1, 0.15) is 0 Å². The molecule has 0 atom stereocenters. The first-order valence-electron chi connectivity index (χ1n) is 8.75. The molecule has 1 aliphatic rings. The normalized spacial score (nSPS) is 16.5. The van der Waals surface area contributed by atoms with E-state index in [9.17, 15) is 14.7 Å². The first-order valence-corrected chi connectivity index (χ1v) is 8.75. The number of piperidine rings is 1. The third-order valence-electron chi connectivity index (χ3n) is 5.44. The van der Waals surface area contributed by atoms with Crippen molar-refractivity contribution in [2.24, 2.45) is 0 Å². The minimum atomic E-state index is -0.915. The number of benzene rings is 2. The Morgan fingerprint density at radius 2 is 1.73 bits per heavy atom. The lowest BCUT2D eigenvalue weighted by Crippen LogP contribution is -2.49. The maximum absolute atomic E-state index is 12.8. The summed E-state index contributed by atoms with van der Waals surface area (Å²) in [5.74, 6) is -0.864. The minimum Gasteiger partial charge on any atom is -0.481 e. The monoisotopic (exact) mass is 348 g/mol. The zero-order valence-corrected chi connectivity index (χ0v) is 14.3. The number of hydrogen-bond donors (Lipinski definition) is 2. The molecule has 3 aromatic rings. The highest BCUT2D eigenvalue weighted by molar-refractivity contribution is 5.98. The quantitative estimate of drug-likeness (QED) is 0.762. The molecular weight excluding hydrogens is 328 g/mol. The third kappa shape index (κ3) is 2.65. The van der Waals surface area contributed by atoms with E-state index in [1.165, 1.54) is 0 Å². The van der Waals surface area contributed by atoms with E-state index in [2.05, 4.69) is 4.98 Å². The second kappa shape index (κ2) is 6.33. The summed E-state index contributed by atoms with van der Waals surface area (Å²) in [5, 5.41) is 10.9. The fraction of sp³-hybridized carbons (Fsp3) is 0.238. The minimum absolute atomic E-state index is 0.0476. The molecule has 0 bridgehead atoms. The van der Waals surface area contributed by atoms with E-state index >= 15 is 0 Å². The molecule has 0 saturated carbocycles. The molecule has 5 nitrogen and oxygen atoms in total. The van der Waals surface area contributed by atoms with E-state index in [4.69, 9.17) is 0 Å². The van der Waals surface area contributed by atoms with Crippen molar-refractivity contribution in [2.45, 2.75) is 18.3 Å². The number of rotatable bonds is 3. The predicted octanol–water partition coefficient (Wildman–Crippen LogP) is 3.43. The molecule has 5 heteroatoms. The van der Waals surface area contributed by atoms with Gasteiger partial charge in [-0.1, -0.05) is 36.4 Å². The molecule has 2 aromatic carbocycles. The summed E-state index contributed by atoms with van der Waals surface area (Å²) < 4.78 is 0. The Bertz CT molecular complexity index is 954. The van der Waals surface area contributed by atoms with Crippen LogP contribution in [0, 0.1) is 0 Å². The third-order valence-corrected chi connectivity index (χ3v) is 5.44. The molecule has 1 saturated heterocycles. The smallest absolute Gasteiger partial charge is 0.314 e. The van der Waals surface area contributed by atoms with Crippen LogP contribution in [-0.2, 0) is 10.2 Å². The summed E-state index contributed by atoms with van der Waals surface area (Å²) in [6.07, 6.45) is 2.69. The van der Waals surface area contributed by atoms with Crippen LogP contribution in [-0.4, -0.2) is 40.0 Å². The Kier molecular flexibility index (Phi) is 3.99. The fourth-order valence-corrected chi connectivity index (χ4v) is 3.84. The number of nitrogens with one attached hydrogen (secondary N) is 1. The van der Waals surface area contributed by atoms with Gasteiger partial charge in [-0.25, -0.2) is 0 Å². The first-order chi connectivity index (χ1) is 12.6. The molecule has 4 rings (SSSR count). The number of likely N-dealkylation sites (tertiary alicyclic amines) is 1. The Hall–Kier alpha value is -3.08. The van der Waals surface area contributed by atoms with Gasteiger partial charge in [0.15, 0.2) is 0 Å². The zero-order valence-electron chi connectivity index (χ0n) is 14.3. The molecule has 2 N–H and O–H groups in total. The number of hydrogen-bond acceptors (Lipinski definition) is 2. The molecule has 1 aliphatic heterocycles. The molecule has 1 aromatic heterocycles. The number of carboxylic acid groups (broad SMARTS) is 1. The van der Waals surface area contributed by atoms with Crippen molar-refractivity contribution >= 4 is 22.8 Å². The van der Waals surface area contributed by atoms with Crippen LogP contribution in [0.5, 0.6) is 0 Å². The Labute approximate surface area is 151 Å². The number of amides is 1. The topological polar surface area (TPSA) is 73.4 Å². The number of aliphatic carboxylic acids is 1. The average molecular weight is 348 g/mol. The highest BCUT2D eigenvalue weighted by Gasteiger charge is 2.43. The maximum atomic E-state index is 12.8. The lowest BCUT2D eigenvalue weighted by molar-refractivity contribution is -0.145. The van der Waals surface area contributed by atoms with Crippen LogP contribution in [0.25, 0.3) is 10.9 Å². The van der Waals surface area contributed by atoms with E-state index in [1.54, 1.807) is 4.90 Å². The number of fused-ring (bicyclic) bond motifs is 1. The van der Waals surface area contributed by atoms with Crippen LogP contribution >= 0.6 is 0 Å². The maximum Gasteiger partial charge on any atom is 0.314 e. The Morgan fingerprint density at radius 1 is 1.00 bits per heavy atom. The number of aromatic nitrogens is 1. The van der Waals surface area contributed by atoms with Gasteiger partial charge in [-0.15, -0.1) is 0 Å². The Morgan fingerprint density at radius 3 is 2.42 bits per heavy atom. The van der Waals surface area contributed by atoms with Crippen molar-refractivity contribution in [3.63, 3.8) is 0 Å². The molecule has 0 radical (unpaired) electrons. The van der Waals surface area contributed by atoms with Crippen molar-refractivity contribution in [3.05, 3.63) is 71.9 Å². The van der Waals surface area contributed by atoms with Crippen LogP contribution in [0.3, 0.4) is 0 Å². The SMILES string of the molecule is O=C(c1ccc2cc[nH]c2c1)N1CCC(C(=O)O)(c2ccccc2)CC1. The molecule has 0 aliphatic carbocycles. The van der Waals surface area contributed by atoms with Gasteiger partial charge in [0.2, 0.25) is 0 Å². The van der Waals surface area contributed by atoms with E-state index in [0.717, 1.165) is 16.5 Å². The molecule has 1 fully saturated rings. The van der Waals surface area contributed by atoms with Crippen LogP contribution < -0.4 is 0 Å². The van der Waals surface area contributed by atoms with Gasteiger partial charge in [-0.05, 0) is 42.0 Å². The van der Waals surface area contributed by atoms with Gasteiger partial charge in [0.05, 0.1) is 5.41 Å². The highest BCUT2D eigenvalue weighted by atomic mass is 16.4. The number of carbonyl (C=O) groups excluding carboxylic acids is 1. The number of carboxylic acids is 1. The number of carbonyl (C=O) groups is 2. The van der Waals surface area contributed by atoms with E-state index in [-0.39, 0.29) is 5.91 Å². The molecule has 2 heterocycles. The van der Waals surface area contributed by atoms with Crippen molar-refractivity contribution in [1.29, 1.82) is 0 Å². The van der Waals surface area contributed by atoms with E-state index in [1.807, 2.05) is 60.8 Å². The fourth-order valence-electron chi connectivity index (χ4n) is 3.84. The van der Waals surface area contributed by atoms with Crippen LogP contribution in [0.1, 0.15) is 28.8 Å². The predicted molar refractivity (Wildman–Crippen MR) is 99.2 cm³/mol. The largest absolute Gasteiger partial charge is 0.481 e. The zero-order chi connectivity index (χ0) is 18.1.